The number of hydrogen-bond donors (Lipinski definition) is 1. The smallest absolute Gasteiger partial charge is 0.228 e. The normalized spacial score (nSPS) is 13.6. The van der Waals surface area contributed by atoms with Gasteiger partial charge in [0, 0.05) is 10.7 Å². The van der Waals surface area contributed by atoms with Crippen LogP contribution in [0.5, 0.6) is 0 Å². The van der Waals surface area contributed by atoms with Gasteiger partial charge >= 0.3 is 0 Å². The number of rotatable bonds is 3. The lowest BCUT2D eigenvalue weighted by molar-refractivity contribution is -0.115. The molecule has 1 N–H and O–H groups in total. The fraction of sp³-hybridized carbons (Fsp3) is 0.278. The molecule has 2 nitrogen and oxygen atoms in total. The third-order valence-corrected chi connectivity index (χ3v) is 4.16. The summed E-state index contributed by atoms with van der Waals surface area (Å²) in [6, 6.07) is 13.6. The summed E-state index contributed by atoms with van der Waals surface area (Å²) < 4.78 is 0. The predicted octanol–water partition coefficient (Wildman–Crippen LogP) is 4.40. The largest absolute Gasteiger partial charge is 0.326 e. The minimum absolute atomic E-state index is 0.0104. The van der Waals surface area contributed by atoms with Gasteiger partial charge in [0.15, 0.2) is 0 Å². The first-order chi connectivity index (χ1) is 10.2. The summed E-state index contributed by atoms with van der Waals surface area (Å²) in [6.45, 7) is 0. The molecule has 21 heavy (non-hydrogen) atoms. The van der Waals surface area contributed by atoms with Crippen molar-refractivity contribution in [3.8, 4) is 0 Å². The number of benzene rings is 2. The molecule has 2 aromatic carbocycles. The Morgan fingerprint density at radius 2 is 1.90 bits per heavy atom. The molecule has 0 radical (unpaired) electrons. The second kappa shape index (κ2) is 6.31. The SMILES string of the molecule is O=C(Cc1cccc(Cl)c1)Nc1cccc2c1CCCC2. The van der Waals surface area contributed by atoms with E-state index in [2.05, 4.69) is 11.4 Å². The second-order valence-corrected chi connectivity index (χ2v) is 5.94. The van der Waals surface area contributed by atoms with Crippen LogP contribution in [0.15, 0.2) is 42.5 Å². The van der Waals surface area contributed by atoms with Gasteiger partial charge in [-0.15, -0.1) is 0 Å². The maximum atomic E-state index is 12.2. The topological polar surface area (TPSA) is 29.1 Å². The lowest BCUT2D eigenvalue weighted by Crippen LogP contribution is -2.17. The molecule has 0 saturated carbocycles. The Morgan fingerprint density at radius 1 is 1.10 bits per heavy atom. The summed E-state index contributed by atoms with van der Waals surface area (Å²) in [5.41, 5.74) is 4.59. The maximum absolute atomic E-state index is 12.2. The van der Waals surface area contributed by atoms with Crippen molar-refractivity contribution >= 4 is 23.2 Å². The predicted molar refractivity (Wildman–Crippen MR) is 86.9 cm³/mol. The number of carbonyl (C=O) groups excluding carboxylic acids is 1. The van der Waals surface area contributed by atoms with Gasteiger partial charge in [-0.2, -0.15) is 0 Å². The first-order valence-electron chi connectivity index (χ1n) is 7.37. The zero-order valence-electron chi connectivity index (χ0n) is 11.9. The minimum atomic E-state index is 0.0104. The number of anilines is 1. The van der Waals surface area contributed by atoms with Crippen molar-refractivity contribution in [1.29, 1.82) is 0 Å². The molecule has 108 valence electrons. The van der Waals surface area contributed by atoms with E-state index in [1.165, 1.54) is 24.0 Å². The number of aryl methyl sites for hydroxylation is 1. The van der Waals surface area contributed by atoms with Crippen molar-refractivity contribution in [2.24, 2.45) is 0 Å². The number of carbonyl (C=O) groups is 1. The van der Waals surface area contributed by atoms with Gasteiger partial charge in [0.2, 0.25) is 5.91 Å². The van der Waals surface area contributed by atoms with Crippen LogP contribution < -0.4 is 5.32 Å². The number of hydrogen-bond acceptors (Lipinski definition) is 1. The van der Waals surface area contributed by atoms with Gasteiger partial charge in [0.1, 0.15) is 0 Å². The Hall–Kier alpha value is -1.80. The second-order valence-electron chi connectivity index (χ2n) is 5.51. The van der Waals surface area contributed by atoms with Gasteiger partial charge in [-0.1, -0.05) is 35.9 Å². The summed E-state index contributed by atoms with van der Waals surface area (Å²) in [7, 11) is 0. The number of amides is 1. The highest BCUT2D eigenvalue weighted by molar-refractivity contribution is 6.30. The molecule has 1 amide bonds. The van der Waals surface area contributed by atoms with E-state index < -0.39 is 0 Å². The third-order valence-electron chi connectivity index (χ3n) is 3.92. The van der Waals surface area contributed by atoms with Crippen molar-refractivity contribution in [3.63, 3.8) is 0 Å². The van der Waals surface area contributed by atoms with Crippen molar-refractivity contribution in [1.82, 2.24) is 0 Å². The Labute approximate surface area is 130 Å². The molecular formula is C18H18ClNO. The van der Waals surface area contributed by atoms with E-state index in [4.69, 9.17) is 11.6 Å². The quantitative estimate of drug-likeness (QED) is 0.894. The summed E-state index contributed by atoms with van der Waals surface area (Å²) in [5.74, 6) is 0.0104. The average Bonchev–Trinajstić information content (AvgIpc) is 2.47. The third kappa shape index (κ3) is 3.45. The average molecular weight is 300 g/mol. The van der Waals surface area contributed by atoms with E-state index in [1.807, 2.05) is 36.4 Å². The first-order valence-corrected chi connectivity index (χ1v) is 7.75. The van der Waals surface area contributed by atoms with E-state index >= 15 is 0 Å². The first kappa shape index (κ1) is 14.2. The molecule has 0 fully saturated rings. The summed E-state index contributed by atoms with van der Waals surface area (Å²) in [5, 5.41) is 3.72. The fourth-order valence-corrected chi connectivity index (χ4v) is 3.14. The zero-order valence-corrected chi connectivity index (χ0v) is 12.6. The van der Waals surface area contributed by atoms with Crippen LogP contribution in [0, 0.1) is 0 Å². The molecule has 3 rings (SSSR count). The summed E-state index contributed by atoms with van der Waals surface area (Å²) in [6.07, 6.45) is 4.97. The van der Waals surface area contributed by atoms with Crippen molar-refractivity contribution in [2.75, 3.05) is 5.32 Å². The number of halogens is 1. The molecule has 0 unspecified atom stereocenters. The van der Waals surface area contributed by atoms with E-state index in [1.54, 1.807) is 0 Å². The number of fused-ring (bicyclic) bond motifs is 1. The van der Waals surface area contributed by atoms with Crippen molar-refractivity contribution < 1.29 is 4.79 Å². The molecule has 0 heterocycles. The van der Waals surface area contributed by atoms with Crippen LogP contribution in [-0.2, 0) is 24.1 Å². The van der Waals surface area contributed by atoms with Gasteiger partial charge in [-0.25, -0.2) is 0 Å². The standard InChI is InChI=1S/C18H18ClNO/c19-15-8-3-5-13(11-15)12-18(21)20-17-10-4-7-14-6-1-2-9-16(14)17/h3-5,7-8,10-11H,1-2,6,9,12H2,(H,20,21). The van der Waals surface area contributed by atoms with Gasteiger partial charge in [-0.05, 0) is 60.6 Å². The maximum Gasteiger partial charge on any atom is 0.228 e. The van der Waals surface area contributed by atoms with E-state index in [0.717, 1.165) is 24.1 Å². The molecule has 3 heteroatoms. The van der Waals surface area contributed by atoms with Crippen molar-refractivity contribution in [2.45, 2.75) is 32.1 Å². The molecule has 1 aliphatic rings. The fourth-order valence-electron chi connectivity index (χ4n) is 2.93. The van der Waals surface area contributed by atoms with Crippen LogP contribution in [0.1, 0.15) is 29.5 Å². The molecule has 0 aliphatic heterocycles. The van der Waals surface area contributed by atoms with Gasteiger partial charge < -0.3 is 5.32 Å². The van der Waals surface area contributed by atoms with Gasteiger partial charge in [0.05, 0.1) is 6.42 Å². The monoisotopic (exact) mass is 299 g/mol. The van der Waals surface area contributed by atoms with Gasteiger partial charge in [-0.3, -0.25) is 4.79 Å². The van der Waals surface area contributed by atoms with Crippen LogP contribution in [0.2, 0.25) is 5.02 Å². The zero-order chi connectivity index (χ0) is 14.7. The Kier molecular flexibility index (Phi) is 4.26. The Bertz CT molecular complexity index is 666. The summed E-state index contributed by atoms with van der Waals surface area (Å²) in [4.78, 5) is 12.2. The van der Waals surface area contributed by atoms with E-state index in [-0.39, 0.29) is 5.91 Å². The summed E-state index contributed by atoms with van der Waals surface area (Å²) >= 11 is 5.95. The lowest BCUT2D eigenvalue weighted by Gasteiger charge is -2.19. The lowest BCUT2D eigenvalue weighted by atomic mass is 9.90. The number of nitrogens with one attached hydrogen (secondary N) is 1. The molecule has 1 aliphatic carbocycles. The molecule has 0 bridgehead atoms. The van der Waals surface area contributed by atoms with Crippen LogP contribution in [0.4, 0.5) is 5.69 Å². The molecule has 0 spiro atoms. The van der Waals surface area contributed by atoms with Crippen molar-refractivity contribution in [3.05, 3.63) is 64.2 Å². The van der Waals surface area contributed by atoms with Crippen LogP contribution in [-0.4, -0.2) is 5.91 Å². The Morgan fingerprint density at radius 3 is 2.76 bits per heavy atom. The highest BCUT2D eigenvalue weighted by atomic mass is 35.5. The van der Waals surface area contributed by atoms with Gasteiger partial charge in [0.25, 0.3) is 0 Å². The molecule has 0 atom stereocenters. The van der Waals surface area contributed by atoms with Crippen LogP contribution in [0.3, 0.4) is 0 Å². The molecular weight excluding hydrogens is 282 g/mol. The molecule has 0 aromatic heterocycles. The van der Waals surface area contributed by atoms with E-state index in [0.29, 0.717) is 11.4 Å². The highest BCUT2D eigenvalue weighted by Gasteiger charge is 2.14. The molecule has 0 saturated heterocycles. The van der Waals surface area contributed by atoms with Crippen LogP contribution >= 0.6 is 11.6 Å². The van der Waals surface area contributed by atoms with E-state index in [9.17, 15) is 4.79 Å². The molecule has 2 aromatic rings. The van der Waals surface area contributed by atoms with Crippen LogP contribution in [0.25, 0.3) is 0 Å². The highest BCUT2D eigenvalue weighted by Crippen LogP contribution is 2.28. The minimum Gasteiger partial charge on any atom is -0.326 e. The Balaban J connectivity index is 1.73.